The van der Waals surface area contributed by atoms with Crippen LogP contribution in [0, 0.1) is 10.1 Å². The van der Waals surface area contributed by atoms with Crippen LogP contribution in [0.25, 0.3) is 0 Å². The van der Waals surface area contributed by atoms with Crippen molar-refractivity contribution in [2.24, 2.45) is 0 Å². The Morgan fingerprint density at radius 3 is 2.35 bits per heavy atom. The molecule has 8 N–H and O–H groups in total. The van der Waals surface area contributed by atoms with Crippen molar-refractivity contribution in [2.45, 2.75) is 68.0 Å². The molecule has 2 aliphatic heterocycles. The van der Waals surface area contributed by atoms with Crippen LogP contribution in [0.2, 0.25) is 0 Å². The smallest absolute Gasteiger partial charge is 0.407 e. The molecule has 1 aromatic carbocycles. The summed E-state index contributed by atoms with van der Waals surface area (Å²) in [6.07, 6.45) is -14.4. The zero-order valence-electron chi connectivity index (χ0n) is 21.0. The zero-order valence-corrected chi connectivity index (χ0v) is 21.0. The van der Waals surface area contributed by atoms with Crippen molar-refractivity contribution in [2.75, 3.05) is 19.8 Å². The van der Waals surface area contributed by atoms with E-state index < -0.39 is 92.2 Å². The van der Waals surface area contributed by atoms with Gasteiger partial charge in [0.05, 0.1) is 24.7 Å². The maximum atomic E-state index is 12.3. The summed E-state index contributed by atoms with van der Waals surface area (Å²) in [5.74, 6) is -0.348. The first kappa shape index (κ1) is 31.6. The van der Waals surface area contributed by atoms with Gasteiger partial charge in [-0.2, -0.15) is 0 Å². The fourth-order valence-corrected chi connectivity index (χ4v) is 4.15. The average Bonchev–Trinajstić information content (AvgIpc) is 2.93. The predicted molar refractivity (Wildman–Crippen MR) is 128 cm³/mol. The second-order valence-corrected chi connectivity index (χ2v) is 8.95. The first-order valence-electron chi connectivity index (χ1n) is 12.0. The molecule has 10 atom stereocenters. The van der Waals surface area contributed by atoms with Gasteiger partial charge in [0, 0.05) is 17.7 Å². The number of aliphatic hydroxyl groups is 6. The van der Waals surface area contributed by atoms with Crippen LogP contribution in [0.4, 0.5) is 10.5 Å². The number of carbonyl (C=O) groups is 1. The second-order valence-electron chi connectivity index (χ2n) is 8.95. The van der Waals surface area contributed by atoms with Gasteiger partial charge in [-0.25, -0.2) is 4.79 Å². The van der Waals surface area contributed by atoms with E-state index in [1.54, 1.807) is 0 Å². The van der Waals surface area contributed by atoms with E-state index in [1.165, 1.54) is 6.08 Å². The summed E-state index contributed by atoms with van der Waals surface area (Å²) in [5.41, 5.74) is -0.370. The fraction of sp³-hybridized carbons (Fsp3) is 0.609. The van der Waals surface area contributed by atoms with E-state index in [-0.39, 0.29) is 23.6 Å². The van der Waals surface area contributed by atoms with Crippen molar-refractivity contribution in [1.82, 2.24) is 5.32 Å². The molecule has 0 unspecified atom stereocenters. The number of nitrogens with one attached hydrogen (secondary N) is 1. The van der Waals surface area contributed by atoms with Crippen molar-refractivity contribution in [3.8, 4) is 5.75 Å². The van der Waals surface area contributed by atoms with Gasteiger partial charge in [-0.15, -0.1) is 0 Å². The molecule has 17 heteroatoms. The molecule has 0 spiro atoms. The third-order valence-electron chi connectivity index (χ3n) is 6.29. The standard InChI is InChI=1S/C23H32N2O15/c1-2-5-36-23(33)24-15-17(30)20(40-22-19(32)18(31)16(29)13(7-26)38-22)14(8-27)39-21(15)37-9-10-6-11(25(34)35)3-4-12(10)28/h2-4,6,13-22,26-32H,1,5,7-9H2,(H,24,33)/t13-,14-,15-,16+,17-,18+,19-,20-,21-,22+/m1/s1. The van der Waals surface area contributed by atoms with Gasteiger partial charge < -0.3 is 64.7 Å². The highest BCUT2D eigenvalue weighted by atomic mass is 16.7. The molecule has 0 aromatic heterocycles. The fourth-order valence-electron chi connectivity index (χ4n) is 4.15. The number of ether oxygens (including phenoxy) is 5. The number of benzene rings is 1. The highest BCUT2D eigenvalue weighted by molar-refractivity contribution is 5.67. The molecular formula is C23H32N2O15. The van der Waals surface area contributed by atoms with Crippen molar-refractivity contribution < 1.29 is 69.1 Å². The first-order valence-corrected chi connectivity index (χ1v) is 12.0. The number of carbonyl (C=O) groups excluding carboxylic acids is 1. The molecule has 2 heterocycles. The molecule has 0 bridgehead atoms. The highest BCUT2D eigenvalue weighted by Gasteiger charge is 2.51. The van der Waals surface area contributed by atoms with Gasteiger partial charge in [0.1, 0.15) is 61.1 Å². The molecule has 17 nitrogen and oxygen atoms in total. The number of nitro benzene ring substituents is 1. The summed E-state index contributed by atoms with van der Waals surface area (Å²) in [6.45, 7) is 1.16. The van der Waals surface area contributed by atoms with Gasteiger partial charge >= 0.3 is 6.09 Å². The SMILES string of the molecule is C=CCOC(=O)N[C@H]1[C@H](OCc2cc([N+](=O)[O-])ccc2O)O[C@H](CO)[C@@H](O[C@@H]2O[C@H](CO)[C@H](O)[C@H](O)[C@H]2O)[C@@H]1O. The number of rotatable bonds is 11. The van der Waals surface area contributed by atoms with Crippen LogP contribution in [0.3, 0.4) is 0 Å². The molecule has 3 rings (SSSR count). The Balaban J connectivity index is 1.83. The number of nitrogens with zero attached hydrogens (tertiary/aromatic N) is 1. The number of phenols is 1. The molecule has 40 heavy (non-hydrogen) atoms. The molecular weight excluding hydrogens is 544 g/mol. The summed E-state index contributed by atoms with van der Waals surface area (Å²) < 4.78 is 27.1. The number of alkyl carbamates (subject to hydrolysis) is 1. The summed E-state index contributed by atoms with van der Waals surface area (Å²) in [5, 5.41) is 84.4. The molecule has 0 saturated carbocycles. The molecule has 2 saturated heterocycles. The number of phenolic OH excluding ortho intramolecular Hbond substituents is 1. The molecule has 0 aliphatic carbocycles. The minimum absolute atomic E-state index is 0.0273. The van der Waals surface area contributed by atoms with Crippen LogP contribution < -0.4 is 5.32 Å². The van der Waals surface area contributed by atoms with Crippen LogP contribution in [0.15, 0.2) is 30.9 Å². The number of hydrogen-bond acceptors (Lipinski definition) is 15. The van der Waals surface area contributed by atoms with E-state index in [2.05, 4.69) is 11.9 Å². The molecule has 1 amide bonds. The third kappa shape index (κ3) is 7.21. The lowest BCUT2D eigenvalue weighted by Crippen LogP contribution is -2.67. The van der Waals surface area contributed by atoms with E-state index in [4.69, 9.17) is 23.7 Å². The van der Waals surface area contributed by atoms with Crippen LogP contribution in [0.1, 0.15) is 5.56 Å². The number of hydrogen-bond donors (Lipinski definition) is 8. The molecule has 2 aliphatic rings. The second kappa shape index (κ2) is 14.1. The lowest BCUT2D eigenvalue weighted by atomic mass is 9.95. The molecule has 1 aromatic rings. The third-order valence-corrected chi connectivity index (χ3v) is 6.29. The van der Waals surface area contributed by atoms with Gasteiger partial charge in [-0.3, -0.25) is 10.1 Å². The monoisotopic (exact) mass is 576 g/mol. The van der Waals surface area contributed by atoms with E-state index in [9.17, 15) is 50.7 Å². The lowest BCUT2D eigenvalue weighted by molar-refractivity contribution is -0.385. The Morgan fingerprint density at radius 2 is 1.73 bits per heavy atom. The van der Waals surface area contributed by atoms with Crippen LogP contribution in [-0.4, -0.2) is 128 Å². The Bertz CT molecular complexity index is 1030. The number of aromatic hydroxyl groups is 1. The quantitative estimate of drug-likeness (QED) is 0.0760. The normalized spacial score (nSPS) is 34.1. The van der Waals surface area contributed by atoms with Crippen LogP contribution in [-0.2, 0) is 30.3 Å². The zero-order chi connectivity index (χ0) is 29.6. The van der Waals surface area contributed by atoms with Gasteiger partial charge in [0.25, 0.3) is 5.69 Å². The topological polar surface area (TPSA) is 260 Å². The van der Waals surface area contributed by atoms with Gasteiger partial charge in [0.15, 0.2) is 12.6 Å². The molecule has 224 valence electrons. The maximum Gasteiger partial charge on any atom is 0.407 e. The number of aliphatic hydroxyl groups excluding tert-OH is 6. The van der Waals surface area contributed by atoms with Crippen molar-refractivity contribution >= 4 is 11.8 Å². The van der Waals surface area contributed by atoms with E-state index in [0.717, 1.165) is 18.2 Å². The van der Waals surface area contributed by atoms with Crippen molar-refractivity contribution in [3.63, 3.8) is 0 Å². The van der Waals surface area contributed by atoms with Crippen LogP contribution >= 0.6 is 0 Å². The first-order chi connectivity index (χ1) is 19.0. The summed E-state index contributed by atoms with van der Waals surface area (Å²) >= 11 is 0. The Morgan fingerprint density at radius 1 is 1.05 bits per heavy atom. The number of non-ortho nitro benzene ring substituents is 1. The summed E-state index contributed by atoms with van der Waals surface area (Å²) in [4.78, 5) is 22.7. The van der Waals surface area contributed by atoms with Gasteiger partial charge in [-0.05, 0) is 6.07 Å². The largest absolute Gasteiger partial charge is 0.508 e. The maximum absolute atomic E-state index is 12.3. The van der Waals surface area contributed by atoms with E-state index in [0.29, 0.717) is 0 Å². The highest BCUT2D eigenvalue weighted by Crippen LogP contribution is 2.31. The summed E-state index contributed by atoms with van der Waals surface area (Å²) in [6, 6.07) is 1.71. The summed E-state index contributed by atoms with van der Waals surface area (Å²) in [7, 11) is 0. The Labute approximate surface area is 226 Å². The Kier molecular flexibility index (Phi) is 11.1. The van der Waals surface area contributed by atoms with E-state index in [1.807, 2.05) is 0 Å². The number of nitro groups is 1. The minimum atomic E-state index is -1.85. The van der Waals surface area contributed by atoms with Gasteiger partial charge in [-0.1, -0.05) is 12.7 Å². The van der Waals surface area contributed by atoms with Gasteiger partial charge in [0.2, 0.25) is 0 Å². The van der Waals surface area contributed by atoms with Crippen molar-refractivity contribution in [1.29, 1.82) is 0 Å². The molecule has 0 radical (unpaired) electrons. The van der Waals surface area contributed by atoms with Crippen molar-refractivity contribution in [3.05, 3.63) is 46.5 Å². The minimum Gasteiger partial charge on any atom is -0.508 e. The Hall–Kier alpha value is -2.97. The lowest BCUT2D eigenvalue weighted by Gasteiger charge is -2.47. The average molecular weight is 577 g/mol. The number of amides is 1. The predicted octanol–water partition coefficient (Wildman–Crippen LogP) is -2.64. The van der Waals surface area contributed by atoms with Crippen LogP contribution in [0.5, 0.6) is 5.75 Å². The van der Waals surface area contributed by atoms with E-state index >= 15 is 0 Å². The molecule has 2 fully saturated rings.